The van der Waals surface area contributed by atoms with Crippen LogP contribution in [0.5, 0.6) is 0 Å². The molecular weight excluding hydrogens is 178 g/mol. The van der Waals surface area contributed by atoms with Crippen LogP contribution in [0.1, 0.15) is 39.5 Å². The van der Waals surface area contributed by atoms with Crippen molar-refractivity contribution in [2.45, 2.75) is 56.8 Å². The molecule has 1 aliphatic carbocycles. The van der Waals surface area contributed by atoms with Crippen LogP contribution in [0.4, 0.5) is 0 Å². The number of hydrogen-bond donors (Lipinski definition) is 0. The van der Waals surface area contributed by atoms with Crippen molar-refractivity contribution in [3.8, 4) is 0 Å². The van der Waals surface area contributed by atoms with Gasteiger partial charge in [-0.1, -0.05) is 12.8 Å². The number of ether oxygens (including phenoxy) is 2. The van der Waals surface area contributed by atoms with Gasteiger partial charge in [-0.15, -0.1) is 0 Å². The molecule has 0 aromatic heterocycles. The van der Waals surface area contributed by atoms with E-state index >= 15 is 0 Å². The third-order valence-electron chi connectivity index (χ3n) is 3.43. The molecule has 1 saturated heterocycles. The van der Waals surface area contributed by atoms with Gasteiger partial charge < -0.3 is 9.47 Å². The van der Waals surface area contributed by atoms with Gasteiger partial charge in [0.2, 0.25) is 5.90 Å². The van der Waals surface area contributed by atoms with Gasteiger partial charge in [0.25, 0.3) is 0 Å². The molecule has 1 atom stereocenters. The van der Waals surface area contributed by atoms with Gasteiger partial charge in [-0.2, -0.15) is 0 Å². The van der Waals surface area contributed by atoms with Crippen molar-refractivity contribution in [1.82, 2.24) is 0 Å². The summed E-state index contributed by atoms with van der Waals surface area (Å²) < 4.78 is 11.4. The molecule has 0 radical (unpaired) electrons. The quantitative estimate of drug-likeness (QED) is 0.599. The molecule has 0 aromatic carbocycles. The average Bonchev–Trinajstić information content (AvgIpc) is 2.46. The Bertz CT molecular complexity index is 290. The highest BCUT2D eigenvalue weighted by Gasteiger charge is 2.62. The zero-order valence-corrected chi connectivity index (χ0v) is 8.88. The van der Waals surface area contributed by atoms with E-state index in [2.05, 4.69) is 18.8 Å². The maximum Gasteiger partial charge on any atom is 0.217 e. The lowest BCUT2D eigenvalue weighted by Crippen LogP contribution is -2.18. The van der Waals surface area contributed by atoms with Crippen LogP contribution < -0.4 is 0 Å². The zero-order chi connectivity index (χ0) is 9.81. The van der Waals surface area contributed by atoms with Crippen molar-refractivity contribution in [2.75, 3.05) is 6.61 Å². The Balaban J connectivity index is 1.75. The minimum absolute atomic E-state index is 0.0406. The van der Waals surface area contributed by atoms with Crippen LogP contribution in [0.25, 0.3) is 0 Å². The molecule has 3 heteroatoms. The molecule has 2 aliphatic heterocycles. The molecule has 14 heavy (non-hydrogen) atoms. The first-order valence-electron chi connectivity index (χ1n) is 5.52. The Morgan fingerprint density at radius 3 is 2.57 bits per heavy atom. The predicted molar refractivity (Wildman–Crippen MR) is 53.5 cm³/mol. The lowest BCUT2D eigenvalue weighted by atomic mass is 10.0. The van der Waals surface area contributed by atoms with Crippen LogP contribution in [0.3, 0.4) is 0 Å². The van der Waals surface area contributed by atoms with Gasteiger partial charge in [0.15, 0.2) is 6.10 Å². The Morgan fingerprint density at radius 2 is 2.00 bits per heavy atom. The topological polar surface area (TPSA) is 34.1 Å². The molecule has 3 aliphatic rings. The monoisotopic (exact) mass is 195 g/mol. The number of aliphatic imine (C=N–C) groups is 1. The summed E-state index contributed by atoms with van der Waals surface area (Å²) in [6.45, 7) is 4.91. The second-order valence-corrected chi connectivity index (χ2v) is 5.32. The smallest absolute Gasteiger partial charge is 0.217 e. The van der Waals surface area contributed by atoms with Crippen LogP contribution in [0, 0.1) is 0 Å². The number of nitrogens with zero attached hydrogens (tertiary/aromatic N) is 1. The molecule has 3 rings (SSSR count). The standard InChI is InChI=1S/C11H17NO2/c1-10(2)7-13-9(12-10)8-11(14-8)5-3-4-6-11/h8H,3-7H2,1-2H3/t8-/m1/s1. The summed E-state index contributed by atoms with van der Waals surface area (Å²) in [4.78, 5) is 4.57. The summed E-state index contributed by atoms with van der Waals surface area (Å²) in [6.07, 6.45) is 5.17. The van der Waals surface area contributed by atoms with Gasteiger partial charge in [0.05, 0.1) is 5.54 Å². The molecule has 3 nitrogen and oxygen atoms in total. The van der Waals surface area contributed by atoms with Gasteiger partial charge in [-0.05, 0) is 26.7 Å². The van der Waals surface area contributed by atoms with Crippen molar-refractivity contribution in [3.63, 3.8) is 0 Å². The molecule has 0 aromatic rings. The summed E-state index contributed by atoms with van der Waals surface area (Å²) in [5.74, 6) is 0.858. The highest BCUT2D eigenvalue weighted by molar-refractivity contribution is 5.86. The first-order valence-corrected chi connectivity index (χ1v) is 5.52. The maximum atomic E-state index is 5.79. The van der Waals surface area contributed by atoms with Crippen LogP contribution in [-0.4, -0.2) is 29.7 Å². The molecule has 1 spiro atoms. The van der Waals surface area contributed by atoms with E-state index in [0.29, 0.717) is 6.61 Å². The van der Waals surface area contributed by atoms with Crippen LogP contribution in [-0.2, 0) is 9.47 Å². The van der Waals surface area contributed by atoms with Crippen molar-refractivity contribution in [1.29, 1.82) is 0 Å². The van der Waals surface area contributed by atoms with Gasteiger partial charge in [0, 0.05) is 0 Å². The average molecular weight is 195 g/mol. The molecule has 1 saturated carbocycles. The lowest BCUT2D eigenvalue weighted by molar-refractivity contribution is 0.263. The Labute approximate surface area is 84.5 Å². The number of epoxide rings is 1. The molecule has 0 N–H and O–H groups in total. The molecule has 0 unspecified atom stereocenters. The van der Waals surface area contributed by atoms with E-state index in [1.165, 1.54) is 25.7 Å². The molecule has 2 fully saturated rings. The maximum absolute atomic E-state index is 5.79. The first-order chi connectivity index (χ1) is 6.61. The van der Waals surface area contributed by atoms with Crippen LogP contribution in [0.15, 0.2) is 4.99 Å². The van der Waals surface area contributed by atoms with E-state index in [-0.39, 0.29) is 17.2 Å². The number of hydrogen-bond acceptors (Lipinski definition) is 3. The summed E-state index contributed by atoms with van der Waals surface area (Å²) >= 11 is 0. The van der Waals surface area contributed by atoms with Crippen molar-refractivity contribution < 1.29 is 9.47 Å². The highest BCUT2D eigenvalue weighted by Crippen LogP contribution is 2.51. The fourth-order valence-corrected chi connectivity index (χ4v) is 2.58. The van der Waals surface area contributed by atoms with Gasteiger partial charge >= 0.3 is 0 Å². The van der Waals surface area contributed by atoms with Crippen molar-refractivity contribution in [3.05, 3.63) is 0 Å². The van der Waals surface area contributed by atoms with Crippen LogP contribution >= 0.6 is 0 Å². The minimum atomic E-state index is -0.0406. The van der Waals surface area contributed by atoms with E-state index < -0.39 is 0 Å². The second-order valence-electron chi connectivity index (χ2n) is 5.32. The highest BCUT2D eigenvalue weighted by atomic mass is 16.6. The Morgan fingerprint density at radius 1 is 1.29 bits per heavy atom. The largest absolute Gasteiger partial charge is 0.476 e. The third kappa shape index (κ3) is 1.18. The first kappa shape index (κ1) is 8.72. The Hall–Kier alpha value is -0.570. The normalized spacial score (nSPS) is 37.0. The molecule has 2 heterocycles. The fraction of sp³-hybridized carbons (Fsp3) is 0.909. The summed E-state index contributed by atoms with van der Waals surface area (Å²) in [7, 11) is 0. The SMILES string of the molecule is CC1(C)COC([C@H]2OC23CCCC3)=N1. The molecule has 78 valence electrons. The van der Waals surface area contributed by atoms with Crippen LogP contribution in [0.2, 0.25) is 0 Å². The van der Waals surface area contributed by atoms with E-state index in [1.54, 1.807) is 0 Å². The minimum Gasteiger partial charge on any atom is -0.476 e. The van der Waals surface area contributed by atoms with Gasteiger partial charge in [-0.25, -0.2) is 4.99 Å². The van der Waals surface area contributed by atoms with Gasteiger partial charge in [-0.3, -0.25) is 0 Å². The summed E-state index contributed by atoms with van der Waals surface area (Å²) in [6, 6.07) is 0. The van der Waals surface area contributed by atoms with E-state index in [1.807, 2.05) is 0 Å². The second kappa shape index (κ2) is 2.51. The third-order valence-corrected chi connectivity index (χ3v) is 3.43. The Kier molecular flexibility index (Phi) is 1.56. The van der Waals surface area contributed by atoms with E-state index in [4.69, 9.17) is 9.47 Å². The van der Waals surface area contributed by atoms with Crippen molar-refractivity contribution in [2.24, 2.45) is 4.99 Å². The summed E-state index contributed by atoms with van der Waals surface area (Å²) in [5.41, 5.74) is 0.0976. The predicted octanol–water partition coefficient (Wildman–Crippen LogP) is 1.91. The molecule has 0 amide bonds. The molecule has 0 bridgehead atoms. The van der Waals surface area contributed by atoms with E-state index in [0.717, 1.165) is 5.90 Å². The van der Waals surface area contributed by atoms with Crippen molar-refractivity contribution >= 4 is 5.90 Å². The van der Waals surface area contributed by atoms with Gasteiger partial charge in [0.1, 0.15) is 12.2 Å². The molecular formula is C11H17NO2. The summed E-state index contributed by atoms with van der Waals surface area (Å²) in [5, 5.41) is 0. The zero-order valence-electron chi connectivity index (χ0n) is 8.88. The lowest BCUT2D eigenvalue weighted by Gasteiger charge is -2.07. The fourth-order valence-electron chi connectivity index (χ4n) is 2.58. The number of rotatable bonds is 1. The van der Waals surface area contributed by atoms with E-state index in [9.17, 15) is 0 Å².